The van der Waals surface area contributed by atoms with Gasteiger partial charge < -0.3 is 25.5 Å². The van der Waals surface area contributed by atoms with E-state index in [4.69, 9.17) is 0 Å². The van der Waals surface area contributed by atoms with Crippen molar-refractivity contribution < 1.29 is 15.0 Å². The van der Waals surface area contributed by atoms with Gasteiger partial charge in [0.2, 0.25) is 0 Å². The standard InChI is InChI=1S/C12H22N2O3/c15-12(16)10-8-14(17)7-6-11(10)13-9-4-2-1-3-5-9/h9-11,13-14H,1-8H2,(H,15,16)/p-1. The Bertz CT molecular complexity index is 266. The zero-order chi connectivity index (χ0) is 12.3. The molecule has 5 heteroatoms. The monoisotopic (exact) mass is 241 g/mol. The molecule has 5 nitrogen and oxygen atoms in total. The summed E-state index contributed by atoms with van der Waals surface area (Å²) in [5.74, 6) is -1.70. The summed E-state index contributed by atoms with van der Waals surface area (Å²) in [5.41, 5.74) is 0. The fourth-order valence-corrected chi connectivity index (χ4v) is 3.03. The number of hydrogen-bond acceptors (Lipinski definition) is 4. The van der Waals surface area contributed by atoms with Gasteiger partial charge in [0.1, 0.15) is 0 Å². The van der Waals surface area contributed by atoms with E-state index >= 15 is 0 Å². The molecule has 0 aromatic heterocycles. The smallest absolute Gasteiger partial charge is 0.0865 e. The highest BCUT2D eigenvalue weighted by Crippen LogP contribution is 2.20. The summed E-state index contributed by atoms with van der Waals surface area (Å²) in [6, 6.07) is 0.365. The zero-order valence-electron chi connectivity index (χ0n) is 10.1. The third-order valence-corrected chi connectivity index (χ3v) is 4.03. The fraction of sp³-hybridized carbons (Fsp3) is 0.917. The normalized spacial score (nSPS) is 35.7. The molecule has 1 aliphatic heterocycles. The molecule has 1 aliphatic carbocycles. The van der Waals surface area contributed by atoms with Crippen molar-refractivity contribution in [3.63, 3.8) is 0 Å². The lowest BCUT2D eigenvalue weighted by Crippen LogP contribution is -3.10. The van der Waals surface area contributed by atoms with E-state index < -0.39 is 11.9 Å². The number of hydrogen-bond donors (Lipinski definition) is 2. The molecule has 0 radical (unpaired) electrons. The average molecular weight is 241 g/mol. The molecule has 1 saturated carbocycles. The van der Waals surface area contributed by atoms with Crippen LogP contribution in [-0.2, 0) is 4.79 Å². The lowest BCUT2D eigenvalue weighted by Gasteiger charge is -2.40. The molecule has 0 aromatic rings. The Balaban J connectivity index is 1.90. The number of nitrogens with one attached hydrogen (secondary N) is 2. The number of carbonyl (C=O) groups is 1. The van der Waals surface area contributed by atoms with Crippen LogP contribution in [0.4, 0.5) is 0 Å². The van der Waals surface area contributed by atoms with Crippen molar-refractivity contribution in [3.8, 4) is 0 Å². The van der Waals surface area contributed by atoms with Gasteiger partial charge >= 0.3 is 0 Å². The first kappa shape index (κ1) is 12.8. The summed E-state index contributed by atoms with van der Waals surface area (Å²) in [6.45, 7) is 0.654. The second-order valence-corrected chi connectivity index (χ2v) is 5.32. The van der Waals surface area contributed by atoms with Gasteiger partial charge in [0, 0.05) is 18.5 Å². The first-order valence-electron chi connectivity index (χ1n) is 6.65. The lowest BCUT2D eigenvalue weighted by atomic mass is 9.89. The molecule has 2 N–H and O–H groups in total. The van der Waals surface area contributed by atoms with Crippen LogP contribution in [0.25, 0.3) is 0 Å². The summed E-state index contributed by atoms with van der Waals surface area (Å²) in [5, 5.41) is 25.8. The van der Waals surface area contributed by atoms with E-state index in [2.05, 4.69) is 5.32 Å². The largest absolute Gasteiger partial charge is 0.634 e. The van der Waals surface area contributed by atoms with E-state index in [0.717, 1.165) is 12.8 Å². The molecule has 2 aliphatic rings. The molecular weight excluding hydrogens is 220 g/mol. The minimum Gasteiger partial charge on any atom is -0.634 e. The minimum absolute atomic E-state index is 0.0564. The van der Waals surface area contributed by atoms with Gasteiger partial charge in [-0.15, -0.1) is 0 Å². The quantitative estimate of drug-likeness (QED) is 0.585. The van der Waals surface area contributed by atoms with Gasteiger partial charge in [-0.05, 0) is 12.8 Å². The highest BCUT2D eigenvalue weighted by molar-refractivity contribution is 5.68. The van der Waals surface area contributed by atoms with E-state index in [0.29, 0.717) is 19.0 Å². The molecule has 98 valence electrons. The third-order valence-electron chi connectivity index (χ3n) is 4.03. The Labute approximate surface area is 102 Å². The number of rotatable bonds is 3. The number of aliphatic carboxylic acids is 1. The molecule has 1 heterocycles. The Morgan fingerprint density at radius 1 is 1.18 bits per heavy atom. The molecule has 0 aromatic carbocycles. The Morgan fingerprint density at radius 3 is 2.53 bits per heavy atom. The maximum absolute atomic E-state index is 11.3. The summed E-state index contributed by atoms with van der Waals surface area (Å²) in [6.07, 6.45) is 6.63. The van der Waals surface area contributed by atoms with Gasteiger partial charge in [0.25, 0.3) is 0 Å². The van der Waals surface area contributed by atoms with Crippen LogP contribution in [0.3, 0.4) is 0 Å². The SMILES string of the molecule is O=C([O-])C1C[NH+]([O-])CCC1NC1CCCCC1. The lowest BCUT2D eigenvalue weighted by molar-refractivity contribution is -0.857. The van der Waals surface area contributed by atoms with Crippen LogP contribution >= 0.6 is 0 Å². The molecule has 0 amide bonds. The topological polar surface area (TPSA) is 79.7 Å². The van der Waals surface area contributed by atoms with Crippen molar-refractivity contribution in [1.82, 2.24) is 5.32 Å². The molecular formula is C12H21N2O3-. The van der Waals surface area contributed by atoms with Gasteiger partial charge in [-0.25, -0.2) is 0 Å². The van der Waals surface area contributed by atoms with E-state index in [1.54, 1.807) is 0 Å². The number of hydroxylamine groups is 2. The highest BCUT2D eigenvalue weighted by Gasteiger charge is 2.31. The molecule has 2 rings (SSSR count). The van der Waals surface area contributed by atoms with E-state index in [1.165, 1.54) is 19.3 Å². The van der Waals surface area contributed by atoms with E-state index in [1.807, 2.05) is 0 Å². The van der Waals surface area contributed by atoms with Crippen LogP contribution in [0.15, 0.2) is 0 Å². The van der Waals surface area contributed by atoms with Crippen molar-refractivity contribution >= 4 is 5.97 Å². The predicted octanol–water partition coefficient (Wildman–Crippen LogP) is -1.57. The van der Waals surface area contributed by atoms with Crippen molar-refractivity contribution in [2.45, 2.75) is 50.6 Å². The van der Waals surface area contributed by atoms with Crippen LogP contribution in [-0.4, -0.2) is 31.1 Å². The highest BCUT2D eigenvalue weighted by atomic mass is 16.5. The van der Waals surface area contributed by atoms with Gasteiger partial charge in [0.05, 0.1) is 25.0 Å². The number of carboxylic acids is 1. The Morgan fingerprint density at radius 2 is 1.88 bits per heavy atom. The Hall–Kier alpha value is -0.650. The van der Waals surface area contributed by atoms with Gasteiger partial charge in [-0.1, -0.05) is 19.3 Å². The first-order chi connectivity index (χ1) is 8.16. The fourth-order valence-electron chi connectivity index (χ4n) is 3.03. The van der Waals surface area contributed by atoms with Gasteiger partial charge in [-0.3, -0.25) is 0 Å². The molecule has 17 heavy (non-hydrogen) atoms. The third kappa shape index (κ3) is 3.40. The Kier molecular flexibility index (Phi) is 4.36. The average Bonchev–Trinajstić information content (AvgIpc) is 2.32. The maximum atomic E-state index is 11.3. The van der Waals surface area contributed by atoms with Crippen molar-refractivity contribution in [1.29, 1.82) is 0 Å². The summed E-state index contributed by atoms with van der Waals surface area (Å²) < 4.78 is 0. The first-order valence-corrected chi connectivity index (χ1v) is 6.65. The number of quaternary nitrogens is 1. The van der Waals surface area contributed by atoms with Crippen LogP contribution in [0, 0.1) is 11.1 Å². The second kappa shape index (κ2) is 5.80. The molecule has 1 saturated heterocycles. The summed E-state index contributed by atoms with van der Waals surface area (Å²) in [4.78, 5) is 11.0. The number of piperidine rings is 1. The summed E-state index contributed by atoms with van der Waals surface area (Å²) in [7, 11) is 0. The molecule has 2 fully saturated rings. The molecule has 0 spiro atoms. The van der Waals surface area contributed by atoms with Gasteiger partial charge in [-0.2, -0.15) is 0 Å². The van der Waals surface area contributed by atoms with Gasteiger partial charge in [0.15, 0.2) is 0 Å². The minimum atomic E-state index is -1.08. The van der Waals surface area contributed by atoms with Crippen LogP contribution in [0.1, 0.15) is 38.5 Å². The summed E-state index contributed by atoms with van der Waals surface area (Å²) >= 11 is 0. The van der Waals surface area contributed by atoms with Crippen molar-refractivity contribution in [2.75, 3.05) is 13.1 Å². The van der Waals surface area contributed by atoms with Crippen LogP contribution in [0.2, 0.25) is 0 Å². The maximum Gasteiger partial charge on any atom is 0.0865 e. The van der Waals surface area contributed by atoms with Crippen LogP contribution < -0.4 is 15.5 Å². The van der Waals surface area contributed by atoms with Crippen molar-refractivity contribution in [2.24, 2.45) is 5.92 Å². The van der Waals surface area contributed by atoms with E-state index in [-0.39, 0.29) is 17.6 Å². The molecule has 0 bridgehead atoms. The number of carbonyl (C=O) groups excluding carboxylic acids is 1. The van der Waals surface area contributed by atoms with Crippen LogP contribution in [0.5, 0.6) is 0 Å². The molecule has 3 unspecified atom stereocenters. The zero-order valence-corrected chi connectivity index (χ0v) is 10.1. The number of carboxylic acid groups (broad SMARTS) is 1. The second-order valence-electron chi connectivity index (χ2n) is 5.32. The molecule has 3 atom stereocenters. The van der Waals surface area contributed by atoms with E-state index in [9.17, 15) is 15.1 Å². The predicted molar refractivity (Wildman–Crippen MR) is 61.0 cm³/mol. The van der Waals surface area contributed by atoms with Crippen molar-refractivity contribution in [3.05, 3.63) is 5.21 Å².